The van der Waals surface area contributed by atoms with Crippen LogP contribution in [0.5, 0.6) is 0 Å². The van der Waals surface area contributed by atoms with Gasteiger partial charge in [0.1, 0.15) is 12.4 Å². The lowest BCUT2D eigenvalue weighted by Crippen LogP contribution is -2.37. The maximum atomic E-state index is 13.0. The van der Waals surface area contributed by atoms with Crippen molar-refractivity contribution in [2.45, 2.75) is 24.8 Å². The van der Waals surface area contributed by atoms with Gasteiger partial charge in [0.15, 0.2) is 6.10 Å². The zero-order valence-corrected chi connectivity index (χ0v) is 16.5. The molecule has 0 aliphatic rings. The molecule has 0 aromatic heterocycles. The number of hydrogen-bond acceptors (Lipinski definition) is 5. The predicted octanol–water partition coefficient (Wildman–Crippen LogP) is 2.33. The van der Waals surface area contributed by atoms with E-state index < -0.39 is 40.4 Å². The summed E-state index contributed by atoms with van der Waals surface area (Å²) in [7, 11) is -2.80. The smallest absolute Gasteiger partial charge is 0.322 e. The highest BCUT2D eigenvalue weighted by molar-refractivity contribution is 7.89. The van der Waals surface area contributed by atoms with Gasteiger partial charge in [0.25, 0.3) is 5.91 Å². The lowest BCUT2D eigenvalue weighted by Gasteiger charge is -2.18. The fraction of sp³-hybridized carbons (Fsp3) is 0.263. The number of amides is 1. The molecule has 28 heavy (non-hydrogen) atoms. The van der Waals surface area contributed by atoms with Crippen molar-refractivity contribution in [2.24, 2.45) is 0 Å². The van der Waals surface area contributed by atoms with Crippen LogP contribution in [0.3, 0.4) is 0 Å². The fourth-order valence-corrected chi connectivity index (χ4v) is 3.42. The second-order valence-electron chi connectivity index (χ2n) is 6.21. The van der Waals surface area contributed by atoms with Crippen LogP contribution in [0.25, 0.3) is 0 Å². The number of aryl methyl sites for hydroxylation is 1. The van der Waals surface area contributed by atoms with E-state index in [0.29, 0.717) is 5.69 Å². The van der Waals surface area contributed by atoms with Crippen molar-refractivity contribution >= 4 is 27.6 Å². The number of hydrogen-bond donors (Lipinski definition) is 1. The van der Waals surface area contributed by atoms with E-state index in [1.54, 1.807) is 18.2 Å². The van der Waals surface area contributed by atoms with Gasteiger partial charge in [0.05, 0.1) is 4.90 Å². The number of anilines is 1. The summed E-state index contributed by atoms with van der Waals surface area (Å²) >= 11 is 0. The van der Waals surface area contributed by atoms with Crippen LogP contribution in [-0.2, 0) is 24.3 Å². The van der Waals surface area contributed by atoms with Gasteiger partial charge in [-0.05, 0) is 55.8 Å². The molecule has 2 rings (SSSR count). The van der Waals surface area contributed by atoms with E-state index >= 15 is 0 Å². The molecule has 2 aromatic carbocycles. The van der Waals surface area contributed by atoms with Gasteiger partial charge in [0, 0.05) is 12.7 Å². The number of carbonyl (C=O) groups is 2. The third kappa shape index (κ3) is 5.61. The highest BCUT2D eigenvalue weighted by atomic mass is 32.2. The zero-order chi connectivity index (χ0) is 20.9. The molecule has 7 nitrogen and oxygen atoms in total. The molecule has 150 valence electrons. The Bertz CT molecular complexity index is 961. The fourth-order valence-electron chi connectivity index (χ4n) is 2.31. The number of likely N-dealkylation sites (N-methyl/N-ethyl adjacent to an activating group) is 1. The van der Waals surface area contributed by atoms with Crippen LogP contribution in [0.2, 0.25) is 0 Å². The van der Waals surface area contributed by atoms with E-state index in [1.807, 2.05) is 13.0 Å². The summed E-state index contributed by atoms with van der Waals surface area (Å²) in [5, 5.41) is 2.62. The molecule has 1 amide bonds. The molecule has 1 N–H and O–H groups in total. The van der Waals surface area contributed by atoms with Crippen LogP contribution < -0.4 is 5.32 Å². The molecule has 0 heterocycles. The number of esters is 1. The second-order valence-corrected chi connectivity index (χ2v) is 8.25. The van der Waals surface area contributed by atoms with Gasteiger partial charge in [-0.1, -0.05) is 12.1 Å². The first kappa shape index (κ1) is 21.5. The molecule has 0 aliphatic carbocycles. The van der Waals surface area contributed by atoms with Crippen molar-refractivity contribution in [2.75, 3.05) is 18.9 Å². The van der Waals surface area contributed by atoms with Gasteiger partial charge in [-0.2, -0.15) is 4.31 Å². The van der Waals surface area contributed by atoms with Gasteiger partial charge in [-0.3, -0.25) is 9.59 Å². The van der Waals surface area contributed by atoms with Crippen molar-refractivity contribution in [1.29, 1.82) is 0 Å². The number of halogens is 1. The first-order valence-corrected chi connectivity index (χ1v) is 9.82. The van der Waals surface area contributed by atoms with Crippen molar-refractivity contribution in [3.05, 3.63) is 59.9 Å². The molecule has 0 bridgehead atoms. The Balaban J connectivity index is 1.94. The summed E-state index contributed by atoms with van der Waals surface area (Å²) in [6, 6.07) is 11.3. The van der Waals surface area contributed by atoms with Gasteiger partial charge in [-0.15, -0.1) is 0 Å². The normalized spacial score (nSPS) is 12.5. The molecular weight excluding hydrogens is 387 g/mol. The molecule has 1 atom stereocenters. The van der Waals surface area contributed by atoms with Crippen LogP contribution in [0.4, 0.5) is 10.1 Å². The molecule has 9 heteroatoms. The minimum atomic E-state index is -3.99. The minimum Gasteiger partial charge on any atom is -0.452 e. The van der Waals surface area contributed by atoms with Gasteiger partial charge < -0.3 is 10.1 Å². The third-order valence-corrected chi connectivity index (χ3v) is 5.65. The first-order chi connectivity index (χ1) is 13.1. The summed E-state index contributed by atoms with van der Waals surface area (Å²) in [4.78, 5) is 24.0. The molecule has 0 spiro atoms. The Morgan fingerprint density at radius 3 is 2.43 bits per heavy atom. The SMILES string of the molecule is Cc1cccc(NC(=O)C(C)OC(=O)CN(C)S(=O)(=O)c2ccc(F)cc2)c1. The monoisotopic (exact) mass is 408 g/mol. The Labute approximate surface area is 163 Å². The lowest BCUT2D eigenvalue weighted by molar-refractivity contribution is -0.153. The highest BCUT2D eigenvalue weighted by Gasteiger charge is 2.25. The first-order valence-electron chi connectivity index (χ1n) is 8.38. The van der Waals surface area contributed by atoms with Crippen LogP contribution in [-0.4, -0.2) is 44.3 Å². The largest absolute Gasteiger partial charge is 0.452 e. The van der Waals surface area contributed by atoms with Crippen LogP contribution in [0.1, 0.15) is 12.5 Å². The number of benzene rings is 2. The van der Waals surface area contributed by atoms with E-state index in [4.69, 9.17) is 4.74 Å². The van der Waals surface area contributed by atoms with Gasteiger partial charge in [0.2, 0.25) is 10.0 Å². The van der Waals surface area contributed by atoms with E-state index in [0.717, 1.165) is 34.1 Å². The van der Waals surface area contributed by atoms with Crippen molar-refractivity contribution in [3.8, 4) is 0 Å². The predicted molar refractivity (Wildman–Crippen MR) is 102 cm³/mol. The molecule has 1 unspecified atom stereocenters. The van der Waals surface area contributed by atoms with E-state index in [9.17, 15) is 22.4 Å². The average Bonchev–Trinajstić information content (AvgIpc) is 2.61. The Kier molecular flexibility index (Phi) is 6.87. The van der Waals surface area contributed by atoms with E-state index in [1.165, 1.54) is 14.0 Å². The molecule has 0 fully saturated rings. The Morgan fingerprint density at radius 2 is 1.82 bits per heavy atom. The standard InChI is InChI=1S/C19H21FN2O5S/c1-13-5-4-6-16(11-13)21-19(24)14(2)27-18(23)12-22(3)28(25,26)17-9-7-15(20)8-10-17/h4-11,14H,12H2,1-3H3,(H,21,24). The minimum absolute atomic E-state index is 0.158. The van der Waals surface area contributed by atoms with Gasteiger partial charge >= 0.3 is 5.97 Å². The van der Waals surface area contributed by atoms with Crippen LogP contribution >= 0.6 is 0 Å². The molecule has 0 saturated heterocycles. The summed E-state index contributed by atoms with van der Waals surface area (Å²) in [6.07, 6.45) is -1.12. The van der Waals surface area contributed by atoms with Crippen LogP contribution in [0.15, 0.2) is 53.4 Å². The third-order valence-electron chi connectivity index (χ3n) is 3.84. The number of sulfonamides is 1. The lowest BCUT2D eigenvalue weighted by atomic mass is 10.2. The average molecular weight is 408 g/mol. The van der Waals surface area contributed by atoms with Crippen LogP contribution in [0, 0.1) is 12.7 Å². The van der Waals surface area contributed by atoms with E-state index in [-0.39, 0.29) is 4.90 Å². The van der Waals surface area contributed by atoms with E-state index in [2.05, 4.69) is 5.32 Å². The Hall–Kier alpha value is -2.78. The second kappa shape index (κ2) is 8.94. The number of nitrogens with zero attached hydrogens (tertiary/aromatic N) is 1. The molecule has 0 aliphatic heterocycles. The molecule has 2 aromatic rings. The number of ether oxygens (including phenoxy) is 1. The zero-order valence-electron chi connectivity index (χ0n) is 15.7. The maximum Gasteiger partial charge on any atom is 0.322 e. The Morgan fingerprint density at radius 1 is 1.18 bits per heavy atom. The maximum absolute atomic E-state index is 13.0. The highest BCUT2D eigenvalue weighted by Crippen LogP contribution is 2.15. The molecule has 0 saturated carbocycles. The topological polar surface area (TPSA) is 92.8 Å². The summed E-state index contributed by atoms with van der Waals surface area (Å²) in [5.41, 5.74) is 1.51. The summed E-state index contributed by atoms with van der Waals surface area (Å²) in [5.74, 6) is -2.00. The van der Waals surface area contributed by atoms with Crippen molar-refractivity contribution < 1.29 is 27.1 Å². The number of carbonyl (C=O) groups excluding carboxylic acids is 2. The number of nitrogens with one attached hydrogen (secondary N) is 1. The van der Waals surface area contributed by atoms with Crippen molar-refractivity contribution in [1.82, 2.24) is 4.31 Å². The van der Waals surface area contributed by atoms with Gasteiger partial charge in [-0.25, -0.2) is 12.8 Å². The summed E-state index contributed by atoms with van der Waals surface area (Å²) in [6.45, 7) is 2.66. The number of rotatable bonds is 7. The summed E-state index contributed by atoms with van der Waals surface area (Å²) < 4.78 is 43.5. The van der Waals surface area contributed by atoms with Crippen molar-refractivity contribution in [3.63, 3.8) is 0 Å². The molecule has 0 radical (unpaired) electrons. The quantitative estimate of drug-likeness (QED) is 0.710. The molecular formula is C19H21FN2O5S.